The predicted molar refractivity (Wildman–Crippen MR) is 85.9 cm³/mol. The van der Waals surface area contributed by atoms with Crippen LogP contribution >= 0.6 is 0 Å². The Hall–Kier alpha value is -2.08. The first-order valence-electron chi connectivity index (χ1n) is 7.74. The Bertz CT molecular complexity index is 607. The number of hydrogen-bond acceptors (Lipinski definition) is 4. The first-order valence-corrected chi connectivity index (χ1v) is 7.74. The zero-order valence-corrected chi connectivity index (χ0v) is 12.8. The number of amides is 1. The van der Waals surface area contributed by atoms with Gasteiger partial charge in [-0.3, -0.25) is 4.79 Å². The second kappa shape index (κ2) is 6.79. The number of methoxy groups -OCH3 is 1. The molecule has 0 unspecified atom stereocenters. The molecule has 1 aliphatic rings. The van der Waals surface area contributed by atoms with Crippen molar-refractivity contribution in [1.29, 1.82) is 0 Å². The summed E-state index contributed by atoms with van der Waals surface area (Å²) < 4.78 is 4.96. The summed E-state index contributed by atoms with van der Waals surface area (Å²) >= 11 is 0. The third kappa shape index (κ3) is 3.22. The average molecular weight is 302 g/mol. The lowest BCUT2D eigenvalue weighted by Crippen LogP contribution is -2.44. The smallest absolute Gasteiger partial charge is 0.224 e. The highest BCUT2D eigenvalue weighted by Gasteiger charge is 2.27. The van der Waals surface area contributed by atoms with Crippen molar-refractivity contribution in [3.63, 3.8) is 0 Å². The molecule has 1 atom stereocenters. The molecule has 2 heterocycles. The van der Waals surface area contributed by atoms with Crippen LogP contribution < -0.4 is 10.2 Å². The number of anilines is 1. The van der Waals surface area contributed by atoms with E-state index in [1.165, 1.54) is 0 Å². The molecule has 0 aliphatic carbocycles. The van der Waals surface area contributed by atoms with Gasteiger partial charge in [0.05, 0.1) is 23.6 Å². The number of rotatable bonds is 5. The molecule has 1 fully saturated rings. The van der Waals surface area contributed by atoms with Gasteiger partial charge in [0, 0.05) is 26.7 Å². The van der Waals surface area contributed by atoms with Crippen LogP contribution in [-0.4, -0.2) is 49.2 Å². The van der Waals surface area contributed by atoms with E-state index < -0.39 is 0 Å². The van der Waals surface area contributed by atoms with E-state index in [4.69, 9.17) is 4.74 Å². The first kappa shape index (κ1) is 14.8. The Labute approximate surface area is 129 Å². The van der Waals surface area contributed by atoms with Crippen molar-refractivity contribution in [3.8, 4) is 0 Å². The third-order valence-corrected chi connectivity index (χ3v) is 4.07. The Morgan fingerprint density at radius 2 is 2.36 bits per heavy atom. The zero-order chi connectivity index (χ0) is 15.4. The summed E-state index contributed by atoms with van der Waals surface area (Å²) in [6.07, 6.45) is 1.93. The fourth-order valence-electron chi connectivity index (χ4n) is 2.89. The number of piperidine rings is 1. The minimum Gasteiger partial charge on any atom is -0.383 e. The minimum absolute atomic E-state index is 0.0128. The fourth-order valence-corrected chi connectivity index (χ4v) is 2.89. The van der Waals surface area contributed by atoms with Crippen LogP contribution in [0, 0.1) is 5.92 Å². The fraction of sp³-hybridized carbons (Fsp3) is 0.500. The van der Waals surface area contributed by atoms with Gasteiger partial charge in [0.25, 0.3) is 0 Å². The highest BCUT2D eigenvalue weighted by Crippen LogP contribution is 2.23. The number of nitrogens with zero attached hydrogens (tertiary/aromatic N) is 2. The molecule has 6 nitrogen and oxygen atoms in total. The second-order valence-electron chi connectivity index (χ2n) is 5.65. The number of carbonyl (C=O) groups is 1. The number of hydrogen-bond donors (Lipinski definition) is 2. The maximum Gasteiger partial charge on any atom is 0.224 e. The van der Waals surface area contributed by atoms with Crippen LogP contribution in [0.25, 0.3) is 11.0 Å². The lowest BCUT2D eigenvalue weighted by molar-refractivity contribution is -0.125. The first-order chi connectivity index (χ1) is 10.8. The Balaban J connectivity index is 1.66. The molecule has 0 radical (unpaired) electrons. The highest BCUT2D eigenvalue weighted by molar-refractivity contribution is 5.80. The summed E-state index contributed by atoms with van der Waals surface area (Å²) in [7, 11) is 1.63. The molecule has 1 saturated heterocycles. The number of benzene rings is 1. The van der Waals surface area contributed by atoms with Gasteiger partial charge in [-0.1, -0.05) is 12.1 Å². The lowest BCUT2D eigenvalue weighted by Gasteiger charge is -2.31. The van der Waals surface area contributed by atoms with E-state index in [1.807, 2.05) is 24.3 Å². The third-order valence-electron chi connectivity index (χ3n) is 4.07. The van der Waals surface area contributed by atoms with Gasteiger partial charge in [0.15, 0.2) is 0 Å². The van der Waals surface area contributed by atoms with Crippen LogP contribution in [0.3, 0.4) is 0 Å². The van der Waals surface area contributed by atoms with Gasteiger partial charge in [-0.15, -0.1) is 0 Å². The molecule has 6 heteroatoms. The van der Waals surface area contributed by atoms with Crippen molar-refractivity contribution < 1.29 is 9.53 Å². The molecule has 1 amide bonds. The van der Waals surface area contributed by atoms with E-state index in [1.54, 1.807) is 7.11 Å². The monoisotopic (exact) mass is 302 g/mol. The molecule has 1 aromatic heterocycles. The largest absolute Gasteiger partial charge is 0.383 e. The molecule has 118 valence electrons. The molecule has 22 heavy (non-hydrogen) atoms. The van der Waals surface area contributed by atoms with E-state index >= 15 is 0 Å². The highest BCUT2D eigenvalue weighted by atomic mass is 16.5. The van der Waals surface area contributed by atoms with Crippen LogP contribution in [0.1, 0.15) is 12.8 Å². The zero-order valence-electron chi connectivity index (χ0n) is 12.8. The van der Waals surface area contributed by atoms with Crippen LogP contribution in [0.15, 0.2) is 24.3 Å². The summed E-state index contributed by atoms with van der Waals surface area (Å²) in [6.45, 7) is 2.75. The molecular weight excluding hydrogens is 280 g/mol. The van der Waals surface area contributed by atoms with Gasteiger partial charge in [-0.2, -0.15) is 0 Å². The summed E-state index contributed by atoms with van der Waals surface area (Å²) in [5.41, 5.74) is 1.99. The van der Waals surface area contributed by atoms with Crippen molar-refractivity contribution in [2.45, 2.75) is 12.8 Å². The van der Waals surface area contributed by atoms with Gasteiger partial charge in [0.2, 0.25) is 11.9 Å². The van der Waals surface area contributed by atoms with Gasteiger partial charge >= 0.3 is 0 Å². The van der Waals surface area contributed by atoms with Crippen molar-refractivity contribution in [3.05, 3.63) is 24.3 Å². The Kier molecular flexibility index (Phi) is 4.58. The normalized spacial score (nSPS) is 18.6. The van der Waals surface area contributed by atoms with E-state index in [-0.39, 0.29) is 11.8 Å². The van der Waals surface area contributed by atoms with Crippen molar-refractivity contribution in [2.75, 3.05) is 38.3 Å². The van der Waals surface area contributed by atoms with Crippen molar-refractivity contribution in [2.24, 2.45) is 5.92 Å². The number of para-hydroxylation sites is 2. The van der Waals surface area contributed by atoms with Gasteiger partial charge < -0.3 is 19.9 Å². The summed E-state index contributed by atoms with van der Waals surface area (Å²) in [6, 6.07) is 7.99. The number of aromatic nitrogens is 2. The van der Waals surface area contributed by atoms with Crippen LogP contribution in [-0.2, 0) is 9.53 Å². The summed E-state index contributed by atoms with van der Waals surface area (Å²) in [4.78, 5) is 22.3. The standard InChI is InChI=1S/C16H22N4O2/c1-22-10-8-17-15(21)12-5-4-9-20(11-12)16-18-13-6-2-3-7-14(13)19-16/h2-3,6-7,12H,4-5,8-11H2,1H3,(H,17,21)(H,18,19)/t12-/m1/s1. The Morgan fingerprint density at radius 1 is 1.50 bits per heavy atom. The summed E-state index contributed by atoms with van der Waals surface area (Å²) in [5, 5.41) is 2.93. The minimum atomic E-state index is 0.0128. The topological polar surface area (TPSA) is 70.2 Å². The van der Waals surface area contributed by atoms with Gasteiger partial charge in [-0.05, 0) is 25.0 Å². The van der Waals surface area contributed by atoms with Crippen molar-refractivity contribution in [1.82, 2.24) is 15.3 Å². The Morgan fingerprint density at radius 3 is 3.18 bits per heavy atom. The quantitative estimate of drug-likeness (QED) is 0.822. The van der Waals surface area contributed by atoms with E-state index in [0.717, 1.165) is 36.4 Å². The maximum atomic E-state index is 12.2. The van der Waals surface area contributed by atoms with E-state index in [0.29, 0.717) is 19.7 Å². The molecule has 0 bridgehead atoms. The molecule has 2 N–H and O–H groups in total. The van der Waals surface area contributed by atoms with Crippen LogP contribution in [0.4, 0.5) is 5.95 Å². The molecule has 0 saturated carbocycles. The number of ether oxygens (including phenoxy) is 1. The van der Waals surface area contributed by atoms with Gasteiger partial charge in [0.1, 0.15) is 0 Å². The number of imidazole rings is 1. The summed E-state index contributed by atoms with van der Waals surface area (Å²) in [5.74, 6) is 0.979. The van der Waals surface area contributed by atoms with Crippen molar-refractivity contribution >= 4 is 22.9 Å². The molecule has 2 aromatic rings. The molecular formula is C16H22N4O2. The number of aromatic amines is 1. The number of carbonyl (C=O) groups excluding carboxylic acids is 1. The van der Waals surface area contributed by atoms with E-state index in [2.05, 4.69) is 20.2 Å². The molecule has 0 spiro atoms. The second-order valence-corrected chi connectivity index (χ2v) is 5.65. The van der Waals surface area contributed by atoms with Crippen LogP contribution in [0.2, 0.25) is 0 Å². The van der Waals surface area contributed by atoms with E-state index in [9.17, 15) is 4.79 Å². The number of fused-ring (bicyclic) bond motifs is 1. The van der Waals surface area contributed by atoms with Gasteiger partial charge in [-0.25, -0.2) is 4.98 Å². The maximum absolute atomic E-state index is 12.2. The average Bonchev–Trinajstić information content (AvgIpc) is 2.99. The molecule has 3 rings (SSSR count). The van der Waals surface area contributed by atoms with Crippen LogP contribution in [0.5, 0.6) is 0 Å². The number of H-pyrrole nitrogens is 1. The lowest BCUT2D eigenvalue weighted by atomic mass is 9.97. The number of nitrogens with one attached hydrogen (secondary N) is 2. The molecule has 1 aromatic carbocycles. The molecule has 1 aliphatic heterocycles. The SMILES string of the molecule is COCCNC(=O)[C@@H]1CCCN(c2nc3ccccc3[nH]2)C1. The predicted octanol–water partition coefficient (Wildman–Crippen LogP) is 1.54.